The molecule has 0 aromatic carbocycles. The van der Waals surface area contributed by atoms with Gasteiger partial charge in [-0.3, -0.25) is 4.79 Å². The Balaban J connectivity index is 2.15. The predicted molar refractivity (Wildman–Crippen MR) is 72.7 cm³/mol. The number of nitrogens with one attached hydrogen (secondary N) is 1. The number of nitrogens with zero attached hydrogens (tertiary/aromatic N) is 2. The predicted octanol–water partition coefficient (Wildman–Crippen LogP) is 2.98. The van der Waals surface area contributed by atoms with Gasteiger partial charge in [0.2, 0.25) is 5.88 Å². The van der Waals surface area contributed by atoms with Gasteiger partial charge in [0.15, 0.2) is 6.61 Å². The number of aryl methyl sites for hydroxylation is 1. The molecular weight excluding hydrogens is 299 g/mol. The van der Waals surface area contributed by atoms with Crippen LogP contribution in [-0.2, 0) is 0 Å². The topological polar surface area (TPSA) is 64.1 Å². The standard InChI is InChI=1S/C14H12F3N3O2/c1-9-4-6-18-11(7-9)20-12(21)10-3-2-5-19-13(10)22-8-14(15,16)17/h2-7H,8H2,1H3,(H,18,20,21). The number of halogens is 3. The molecule has 0 bridgehead atoms. The third-order valence-electron chi connectivity index (χ3n) is 2.55. The van der Waals surface area contributed by atoms with Crippen LogP contribution >= 0.6 is 0 Å². The summed E-state index contributed by atoms with van der Waals surface area (Å²) in [6, 6.07) is 6.13. The van der Waals surface area contributed by atoms with Crippen molar-refractivity contribution in [3.8, 4) is 5.88 Å². The molecule has 8 heteroatoms. The van der Waals surface area contributed by atoms with E-state index in [0.717, 1.165) is 5.56 Å². The summed E-state index contributed by atoms with van der Waals surface area (Å²) in [5.41, 5.74) is 0.778. The van der Waals surface area contributed by atoms with E-state index >= 15 is 0 Å². The molecular formula is C14H12F3N3O2. The van der Waals surface area contributed by atoms with Gasteiger partial charge in [-0.2, -0.15) is 13.2 Å². The maximum absolute atomic E-state index is 12.2. The van der Waals surface area contributed by atoms with Gasteiger partial charge in [-0.1, -0.05) is 0 Å². The van der Waals surface area contributed by atoms with E-state index in [1.807, 2.05) is 6.92 Å². The number of ether oxygens (including phenoxy) is 1. The first-order valence-electron chi connectivity index (χ1n) is 6.24. The highest BCUT2D eigenvalue weighted by Gasteiger charge is 2.29. The van der Waals surface area contributed by atoms with E-state index in [2.05, 4.69) is 20.0 Å². The Morgan fingerprint density at radius 2 is 2.05 bits per heavy atom. The van der Waals surface area contributed by atoms with Gasteiger partial charge >= 0.3 is 6.18 Å². The molecule has 1 N–H and O–H groups in total. The van der Waals surface area contributed by atoms with Gasteiger partial charge in [0.25, 0.3) is 5.91 Å². The molecule has 2 rings (SSSR count). The number of carbonyl (C=O) groups excluding carboxylic acids is 1. The lowest BCUT2D eigenvalue weighted by Gasteiger charge is -2.11. The molecule has 2 aromatic heterocycles. The molecule has 0 radical (unpaired) electrons. The van der Waals surface area contributed by atoms with Crippen molar-refractivity contribution in [3.63, 3.8) is 0 Å². The molecule has 2 heterocycles. The highest BCUT2D eigenvalue weighted by molar-refractivity contribution is 6.05. The minimum atomic E-state index is -4.51. The largest absolute Gasteiger partial charge is 0.467 e. The highest BCUT2D eigenvalue weighted by Crippen LogP contribution is 2.20. The van der Waals surface area contributed by atoms with Gasteiger partial charge < -0.3 is 10.1 Å². The number of amides is 1. The van der Waals surface area contributed by atoms with Crippen molar-refractivity contribution in [1.29, 1.82) is 0 Å². The SMILES string of the molecule is Cc1ccnc(NC(=O)c2cccnc2OCC(F)(F)F)c1. The number of hydrogen-bond acceptors (Lipinski definition) is 4. The Morgan fingerprint density at radius 1 is 1.27 bits per heavy atom. The molecule has 0 spiro atoms. The third-order valence-corrected chi connectivity index (χ3v) is 2.55. The molecule has 5 nitrogen and oxygen atoms in total. The summed E-state index contributed by atoms with van der Waals surface area (Å²) in [6.45, 7) is 0.298. The van der Waals surface area contributed by atoms with E-state index < -0.39 is 18.7 Å². The second kappa shape index (κ2) is 6.42. The number of anilines is 1. The summed E-state index contributed by atoms with van der Waals surface area (Å²) in [6.07, 6.45) is -1.76. The lowest BCUT2D eigenvalue weighted by Crippen LogP contribution is -2.22. The van der Waals surface area contributed by atoms with Crippen LogP contribution in [0.4, 0.5) is 19.0 Å². The number of alkyl halides is 3. The molecule has 1 amide bonds. The zero-order valence-corrected chi connectivity index (χ0v) is 11.5. The summed E-state index contributed by atoms with van der Waals surface area (Å²) in [7, 11) is 0. The molecule has 0 unspecified atom stereocenters. The molecule has 0 fully saturated rings. The summed E-state index contributed by atoms with van der Waals surface area (Å²) in [5, 5.41) is 2.49. The Kier molecular flexibility index (Phi) is 4.59. The van der Waals surface area contributed by atoms with E-state index in [0.29, 0.717) is 0 Å². The molecule has 2 aromatic rings. The van der Waals surface area contributed by atoms with E-state index in [1.165, 1.54) is 24.5 Å². The Hall–Kier alpha value is -2.64. The number of pyridine rings is 2. The number of aromatic nitrogens is 2. The number of rotatable bonds is 4. The summed E-state index contributed by atoms with van der Waals surface area (Å²) >= 11 is 0. The fourth-order valence-electron chi connectivity index (χ4n) is 1.62. The first kappa shape index (κ1) is 15.7. The molecule has 22 heavy (non-hydrogen) atoms. The van der Waals surface area contributed by atoms with Gasteiger partial charge in [-0.15, -0.1) is 0 Å². The normalized spacial score (nSPS) is 11.1. The first-order chi connectivity index (χ1) is 10.3. The zero-order chi connectivity index (χ0) is 16.2. The van der Waals surface area contributed by atoms with Crippen LogP contribution in [0.25, 0.3) is 0 Å². The van der Waals surface area contributed by atoms with Gasteiger partial charge in [-0.25, -0.2) is 9.97 Å². The molecule has 0 aliphatic rings. The number of carbonyl (C=O) groups is 1. The highest BCUT2D eigenvalue weighted by atomic mass is 19.4. The molecule has 0 aliphatic carbocycles. The second-order valence-corrected chi connectivity index (χ2v) is 4.43. The second-order valence-electron chi connectivity index (χ2n) is 4.43. The van der Waals surface area contributed by atoms with Crippen molar-refractivity contribution in [2.24, 2.45) is 0 Å². The van der Waals surface area contributed by atoms with Crippen LogP contribution in [0.2, 0.25) is 0 Å². The maximum Gasteiger partial charge on any atom is 0.422 e. The van der Waals surface area contributed by atoms with E-state index in [1.54, 1.807) is 12.1 Å². The molecule has 0 atom stereocenters. The van der Waals surface area contributed by atoms with Gasteiger partial charge in [0.05, 0.1) is 0 Å². The van der Waals surface area contributed by atoms with Crippen LogP contribution in [0.3, 0.4) is 0 Å². The molecule has 0 saturated heterocycles. The van der Waals surface area contributed by atoms with Crippen LogP contribution in [0.5, 0.6) is 5.88 Å². The van der Waals surface area contributed by atoms with E-state index in [9.17, 15) is 18.0 Å². The van der Waals surface area contributed by atoms with Crippen molar-refractivity contribution in [2.75, 3.05) is 11.9 Å². The first-order valence-corrected chi connectivity index (χ1v) is 6.24. The van der Waals surface area contributed by atoms with Crippen molar-refractivity contribution in [2.45, 2.75) is 13.1 Å². The van der Waals surface area contributed by atoms with Crippen LogP contribution < -0.4 is 10.1 Å². The van der Waals surface area contributed by atoms with Crippen molar-refractivity contribution in [3.05, 3.63) is 47.8 Å². The quantitative estimate of drug-likeness (QED) is 0.943. The fourth-order valence-corrected chi connectivity index (χ4v) is 1.62. The van der Waals surface area contributed by atoms with Crippen molar-refractivity contribution < 1.29 is 22.7 Å². The van der Waals surface area contributed by atoms with Crippen LogP contribution in [0, 0.1) is 6.92 Å². The minimum absolute atomic E-state index is 0.102. The monoisotopic (exact) mass is 311 g/mol. The van der Waals surface area contributed by atoms with Gasteiger partial charge in [-0.05, 0) is 36.8 Å². The maximum atomic E-state index is 12.2. The van der Waals surface area contributed by atoms with E-state index in [-0.39, 0.29) is 17.3 Å². The van der Waals surface area contributed by atoms with Crippen LogP contribution in [-0.4, -0.2) is 28.7 Å². The smallest absolute Gasteiger partial charge is 0.422 e. The Bertz CT molecular complexity index is 674. The lowest BCUT2D eigenvalue weighted by atomic mass is 10.2. The van der Waals surface area contributed by atoms with Crippen molar-refractivity contribution >= 4 is 11.7 Å². The lowest BCUT2D eigenvalue weighted by molar-refractivity contribution is -0.154. The van der Waals surface area contributed by atoms with Crippen LogP contribution in [0.1, 0.15) is 15.9 Å². The average molecular weight is 311 g/mol. The Labute approximate surface area is 124 Å². The molecule has 116 valence electrons. The summed E-state index contributed by atoms with van der Waals surface area (Å²) in [4.78, 5) is 19.7. The van der Waals surface area contributed by atoms with Crippen molar-refractivity contribution in [1.82, 2.24) is 9.97 Å². The van der Waals surface area contributed by atoms with Crippen LogP contribution in [0.15, 0.2) is 36.7 Å². The van der Waals surface area contributed by atoms with Gasteiger partial charge in [0, 0.05) is 12.4 Å². The number of hydrogen-bond donors (Lipinski definition) is 1. The van der Waals surface area contributed by atoms with E-state index in [4.69, 9.17) is 0 Å². The third kappa shape index (κ3) is 4.44. The summed E-state index contributed by atoms with van der Waals surface area (Å²) < 4.78 is 41.2. The average Bonchev–Trinajstić information content (AvgIpc) is 2.44. The Morgan fingerprint density at radius 3 is 2.73 bits per heavy atom. The zero-order valence-electron chi connectivity index (χ0n) is 11.5. The van der Waals surface area contributed by atoms with Gasteiger partial charge in [0.1, 0.15) is 11.4 Å². The fraction of sp³-hybridized carbons (Fsp3) is 0.214. The molecule has 0 saturated carbocycles. The molecule has 0 aliphatic heterocycles. The summed E-state index contributed by atoms with van der Waals surface area (Å²) in [5.74, 6) is -0.746. The minimum Gasteiger partial charge on any atom is -0.467 e.